The van der Waals surface area contributed by atoms with Gasteiger partial charge in [-0.05, 0) is 37.8 Å². The molecule has 1 N–H and O–H groups in total. The molecule has 2 aliphatic rings. The summed E-state index contributed by atoms with van der Waals surface area (Å²) in [5.74, 6) is 0.506. The Hall–Kier alpha value is -2.61. The monoisotopic (exact) mass is 401 g/mol. The number of nitrogens with one attached hydrogen (secondary N) is 1. The van der Waals surface area contributed by atoms with Crippen molar-refractivity contribution in [3.05, 3.63) is 28.8 Å². The minimum absolute atomic E-state index is 0.106. The molecule has 1 saturated heterocycles. The number of rotatable bonds is 5. The van der Waals surface area contributed by atoms with Crippen molar-refractivity contribution in [2.45, 2.75) is 32.1 Å². The molecule has 0 saturated carbocycles. The number of ether oxygens (including phenoxy) is 2. The van der Waals surface area contributed by atoms with Crippen molar-refractivity contribution in [2.75, 3.05) is 31.0 Å². The van der Waals surface area contributed by atoms with Crippen LogP contribution in [0.3, 0.4) is 0 Å². The molecule has 1 atom stereocenters. The molecule has 4 rings (SSSR count). The fourth-order valence-electron chi connectivity index (χ4n) is 3.74. The van der Waals surface area contributed by atoms with E-state index in [1.165, 1.54) is 11.3 Å². The number of anilines is 2. The third-order valence-electron chi connectivity index (χ3n) is 5.25. The standard InChI is InChI=1S/C20H23N3O4S/c1-26-13-7-8-16(27-2)15(10-13)23-11-12(9-18(23)24)19(25)22-20-21-14-5-3-4-6-17(14)28-20/h7-8,10,12H,3-6,9,11H2,1-2H3,(H,21,22,25)/t12-/m0/s1. The van der Waals surface area contributed by atoms with Crippen molar-refractivity contribution in [3.63, 3.8) is 0 Å². The molecule has 0 radical (unpaired) electrons. The largest absolute Gasteiger partial charge is 0.497 e. The third kappa shape index (κ3) is 3.56. The quantitative estimate of drug-likeness (QED) is 0.833. The van der Waals surface area contributed by atoms with Gasteiger partial charge in [-0.25, -0.2) is 4.98 Å². The van der Waals surface area contributed by atoms with Gasteiger partial charge in [0.05, 0.1) is 31.5 Å². The minimum Gasteiger partial charge on any atom is -0.497 e. The van der Waals surface area contributed by atoms with Crippen LogP contribution in [0.4, 0.5) is 10.8 Å². The van der Waals surface area contributed by atoms with Gasteiger partial charge in [0.25, 0.3) is 0 Å². The number of aryl methyl sites for hydroxylation is 2. The number of fused-ring (bicyclic) bond motifs is 1. The molecule has 0 spiro atoms. The molecule has 0 bridgehead atoms. The van der Waals surface area contributed by atoms with Crippen LogP contribution in [0.25, 0.3) is 0 Å². The Balaban J connectivity index is 1.48. The van der Waals surface area contributed by atoms with Crippen molar-refractivity contribution in [3.8, 4) is 11.5 Å². The van der Waals surface area contributed by atoms with E-state index in [1.807, 2.05) is 0 Å². The number of carbonyl (C=O) groups is 2. The number of hydrogen-bond acceptors (Lipinski definition) is 6. The summed E-state index contributed by atoms with van der Waals surface area (Å²) in [5.41, 5.74) is 1.73. The summed E-state index contributed by atoms with van der Waals surface area (Å²) in [6.45, 7) is 0.305. The van der Waals surface area contributed by atoms with Crippen molar-refractivity contribution in [2.24, 2.45) is 5.92 Å². The van der Waals surface area contributed by atoms with Crippen LogP contribution in [-0.4, -0.2) is 37.6 Å². The number of hydrogen-bond donors (Lipinski definition) is 1. The van der Waals surface area contributed by atoms with E-state index in [9.17, 15) is 9.59 Å². The smallest absolute Gasteiger partial charge is 0.231 e. The van der Waals surface area contributed by atoms with Crippen LogP contribution in [0.2, 0.25) is 0 Å². The average Bonchev–Trinajstić information content (AvgIpc) is 3.30. The van der Waals surface area contributed by atoms with Crippen LogP contribution in [-0.2, 0) is 22.4 Å². The maximum Gasteiger partial charge on any atom is 0.231 e. The van der Waals surface area contributed by atoms with Gasteiger partial charge in [0.15, 0.2) is 5.13 Å². The molecule has 1 aromatic heterocycles. The second-order valence-corrected chi connectivity index (χ2v) is 8.11. The SMILES string of the molecule is COc1ccc(OC)c(N2C[C@@H](C(=O)Nc3nc4c(s3)CCCC4)CC2=O)c1. The van der Waals surface area contributed by atoms with E-state index in [-0.39, 0.29) is 18.2 Å². The predicted octanol–water partition coefficient (Wildman–Crippen LogP) is 3.03. The van der Waals surface area contributed by atoms with Gasteiger partial charge in [0.2, 0.25) is 11.8 Å². The second-order valence-electron chi connectivity index (χ2n) is 7.03. The summed E-state index contributed by atoms with van der Waals surface area (Å²) < 4.78 is 10.6. The Morgan fingerprint density at radius 2 is 2.07 bits per heavy atom. The summed E-state index contributed by atoms with van der Waals surface area (Å²) in [5, 5.41) is 3.56. The van der Waals surface area contributed by atoms with Crippen LogP contribution >= 0.6 is 11.3 Å². The predicted molar refractivity (Wildman–Crippen MR) is 107 cm³/mol. The van der Waals surface area contributed by atoms with Gasteiger partial charge in [-0.1, -0.05) is 0 Å². The summed E-state index contributed by atoms with van der Waals surface area (Å²) in [6.07, 6.45) is 4.51. The number of methoxy groups -OCH3 is 2. The second kappa shape index (κ2) is 7.79. The van der Waals surface area contributed by atoms with E-state index in [0.29, 0.717) is 28.9 Å². The van der Waals surface area contributed by atoms with Crippen LogP contribution in [0.1, 0.15) is 29.8 Å². The van der Waals surface area contributed by atoms with Crippen molar-refractivity contribution < 1.29 is 19.1 Å². The number of thiazole rings is 1. The zero-order chi connectivity index (χ0) is 19.7. The lowest BCUT2D eigenvalue weighted by molar-refractivity contribution is -0.122. The molecule has 8 heteroatoms. The first-order valence-electron chi connectivity index (χ1n) is 9.41. The number of benzene rings is 1. The molecule has 1 aliphatic carbocycles. The summed E-state index contributed by atoms with van der Waals surface area (Å²) in [6, 6.07) is 5.29. The number of amides is 2. The lowest BCUT2D eigenvalue weighted by Gasteiger charge is -2.20. The number of nitrogens with zero attached hydrogens (tertiary/aromatic N) is 2. The molecule has 2 heterocycles. The molecular formula is C20H23N3O4S. The Morgan fingerprint density at radius 1 is 1.25 bits per heavy atom. The van der Waals surface area contributed by atoms with Crippen LogP contribution < -0.4 is 19.7 Å². The maximum absolute atomic E-state index is 12.7. The number of aromatic nitrogens is 1. The Kier molecular flexibility index (Phi) is 5.21. The molecule has 2 aromatic rings. The molecule has 1 aromatic carbocycles. The van der Waals surface area contributed by atoms with E-state index in [0.717, 1.165) is 25.0 Å². The fourth-order valence-corrected chi connectivity index (χ4v) is 4.79. The van der Waals surface area contributed by atoms with Gasteiger partial charge in [0, 0.05) is 23.9 Å². The highest BCUT2D eigenvalue weighted by Crippen LogP contribution is 2.36. The van der Waals surface area contributed by atoms with Gasteiger partial charge in [-0.3, -0.25) is 9.59 Å². The van der Waals surface area contributed by atoms with Gasteiger partial charge in [0.1, 0.15) is 11.5 Å². The van der Waals surface area contributed by atoms with E-state index < -0.39 is 5.92 Å². The molecule has 28 heavy (non-hydrogen) atoms. The normalized spacial score (nSPS) is 18.7. The first kappa shape index (κ1) is 18.7. The molecule has 1 fully saturated rings. The van der Waals surface area contributed by atoms with Crippen LogP contribution in [0.15, 0.2) is 18.2 Å². The summed E-state index contributed by atoms with van der Waals surface area (Å²) >= 11 is 1.55. The molecule has 2 amide bonds. The lowest BCUT2D eigenvalue weighted by atomic mass is 10.0. The molecule has 148 valence electrons. The molecule has 1 aliphatic heterocycles. The maximum atomic E-state index is 12.7. The summed E-state index contributed by atoms with van der Waals surface area (Å²) in [4.78, 5) is 32.8. The zero-order valence-electron chi connectivity index (χ0n) is 16.0. The van der Waals surface area contributed by atoms with Gasteiger partial charge in [-0.2, -0.15) is 0 Å². The minimum atomic E-state index is -0.427. The third-order valence-corrected chi connectivity index (χ3v) is 6.32. The van der Waals surface area contributed by atoms with Gasteiger partial charge in [-0.15, -0.1) is 11.3 Å². The highest BCUT2D eigenvalue weighted by Gasteiger charge is 2.37. The van der Waals surface area contributed by atoms with E-state index in [4.69, 9.17) is 9.47 Å². The van der Waals surface area contributed by atoms with Crippen molar-refractivity contribution in [1.82, 2.24) is 4.98 Å². The number of carbonyl (C=O) groups excluding carboxylic acids is 2. The fraction of sp³-hybridized carbons (Fsp3) is 0.450. The summed E-state index contributed by atoms with van der Waals surface area (Å²) in [7, 11) is 3.13. The Morgan fingerprint density at radius 3 is 2.82 bits per heavy atom. The first-order valence-corrected chi connectivity index (χ1v) is 10.2. The lowest BCUT2D eigenvalue weighted by Crippen LogP contribution is -2.28. The van der Waals surface area contributed by atoms with Crippen molar-refractivity contribution in [1.29, 1.82) is 0 Å². The van der Waals surface area contributed by atoms with Crippen LogP contribution in [0, 0.1) is 5.92 Å². The highest BCUT2D eigenvalue weighted by molar-refractivity contribution is 7.15. The Bertz CT molecular complexity index is 887. The van der Waals surface area contributed by atoms with Crippen molar-refractivity contribution >= 4 is 34.0 Å². The van der Waals surface area contributed by atoms with E-state index in [2.05, 4.69) is 10.3 Å². The van der Waals surface area contributed by atoms with E-state index in [1.54, 1.807) is 48.7 Å². The Labute approximate surface area is 167 Å². The molecule has 7 nitrogen and oxygen atoms in total. The molecular weight excluding hydrogens is 378 g/mol. The molecule has 0 unspecified atom stereocenters. The van der Waals surface area contributed by atoms with Gasteiger partial charge < -0.3 is 19.7 Å². The zero-order valence-corrected chi connectivity index (χ0v) is 16.8. The topological polar surface area (TPSA) is 80.8 Å². The van der Waals surface area contributed by atoms with Gasteiger partial charge >= 0.3 is 0 Å². The average molecular weight is 401 g/mol. The van der Waals surface area contributed by atoms with Crippen LogP contribution in [0.5, 0.6) is 11.5 Å². The highest BCUT2D eigenvalue weighted by atomic mass is 32.1. The first-order chi connectivity index (χ1) is 13.6. The van der Waals surface area contributed by atoms with E-state index >= 15 is 0 Å².